The minimum absolute atomic E-state index is 0.0365. The van der Waals surface area contributed by atoms with E-state index in [0.717, 1.165) is 25.7 Å². The summed E-state index contributed by atoms with van der Waals surface area (Å²) in [7, 11) is 1.37. The molecule has 8 heteroatoms. The number of nitrogens with one attached hydrogen (secondary N) is 1. The summed E-state index contributed by atoms with van der Waals surface area (Å²) in [5.41, 5.74) is 0. The summed E-state index contributed by atoms with van der Waals surface area (Å²) in [6.07, 6.45) is 3.08. The molecule has 0 bridgehead atoms. The number of piperidine rings is 1. The molecule has 1 saturated heterocycles. The third-order valence-electron chi connectivity index (χ3n) is 4.94. The number of esters is 1. The van der Waals surface area contributed by atoms with Crippen molar-refractivity contribution in [1.82, 2.24) is 15.1 Å². The Morgan fingerprint density at radius 2 is 2.04 bits per heavy atom. The molecule has 1 aliphatic heterocycles. The van der Waals surface area contributed by atoms with Gasteiger partial charge in [-0.15, -0.1) is 0 Å². The third-order valence-corrected chi connectivity index (χ3v) is 4.94. The van der Waals surface area contributed by atoms with Crippen LogP contribution in [-0.2, 0) is 14.3 Å². The fourth-order valence-electron chi connectivity index (χ4n) is 3.46. The van der Waals surface area contributed by atoms with Gasteiger partial charge in [0.2, 0.25) is 0 Å². The van der Waals surface area contributed by atoms with Gasteiger partial charge in [-0.25, -0.2) is 4.79 Å². The van der Waals surface area contributed by atoms with Crippen LogP contribution in [0.15, 0.2) is 0 Å². The van der Waals surface area contributed by atoms with Gasteiger partial charge in [0.1, 0.15) is 0 Å². The van der Waals surface area contributed by atoms with Crippen molar-refractivity contribution in [3.05, 3.63) is 0 Å². The van der Waals surface area contributed by atoms with Crippen molar-refractivity contribution in [1.29, 1.82) is 0 Å². The summed E-state index contributed by atoms with van der Waals surface area (Å²) in [5, 5.41) is 11.9. The zero-order chi connectivity index (χ0) is 17.7. The fraction of sp³-hybridized carbons (Fsp3) is 0.812. The lowest BCUT2D eigenvalue weighted by Gasteiger charge is -2.43. The lowest BCUT2D eigenvalue weighted by Crippen LogP contribution is -2.57. The van der Waals surface area contributed by atoms with Gasteiger partial charge in [0, 0.05) is 25.2 Å². The fourth-order valence-corrected chi connectivity index (χ4v) is 3.46. The van der Waals surface area contributed by atoms with Crippen molar-refractivity contribution in [2.24, 2.45) is 5.92 Å². The predicted molar refractivity (Wildman–Crippen MR) is 86.5 cm³/mol. The van der Waals surface area contributed by atoms with Crippen LogP contribution in [-0.4, -0.2) is 78.2 Å². The Bertz CT molecular complexity index is 478. The van der Waals surface area contributed by atoms with E-state index in [4.69, 9.17) is 9.84 Å². The third kappa shape index (κ3) is 4.59. The SMILES string of the molecule is CCN(CC(=O)O)C1CC(NC(=O)N2CCCC(C(=O)OC)C2)C1. The maximum absolute atomic E-state index is 12.3. The molecule has 1 atom stereocenters. The van der Waals surface area contributed by atoms with E-state index in [2.05, 4.69) is 5.32 Å². The number of carboxylic acids is 1. The summed E-state index contributed by atoms with van der Waals surface area (Å²) >= 11 is 0. The Morgan fingerprint density at radius 1 is 1.33 bits per heavy atom. The van der Waals surface area contributed by atoms with E-state index in [1.165, 1.54) is 7.11 Å². The average Bonchev–Trinajstić information content (AvgIpc) is 2.54. The number of ether oxygens (including phenoxy) is 1. The van der Waals surface area contributed by atoms with Crippen LogP contribution in [0.5, 0.6) is 0 Å². The molecule has 8 nitrogen and oxygen atoms in total. The van der Waals surface area contributed by atoms with E-state index >= 15 is 0 Å². The van der Waals surface area contributed by atoms with E-state index in [1.54, 1.807) is 4.90 Å². The second-order valence-electron chi connectivity index (χ2n) is 6.54. The van der Waals surface area contributed by atoms with Crippen molar-refractivity contribution < 1.29 is 24.2 Å². The highest BCUT2D eigenvalue weighted by Crippen LogP contribution is 2.26. The number of nitrogens with zero attached hydrogens (tertiary/aromatic N) is 2. The first kappa shape index (κ1) is 18.5. The van der Waals surface area contributed by atoms with E-state index in [1.807, 2.05) is 11.8 Å². The zero-order valence-corrected chi connectivity index (χ0v) is 14.4. The molecule has 136 valence electrons. The molecule has 0 aromatic carbocycles. The molecule has 2 aliphatic rings. The molecule has 0 aromatic heterocycles. The van der Waals surface area contributed by atoms with Gasteiger partial charge in [0.15, 0.2) is 0 Å². The molecule has 1 unspecified atom stereocenters. The Morgan fingerprint density at radius 3 is 2.62 bits per heavy atom. The molecular weight excluding hydrogens is 314 g/mol. The second-order valence-corrected chi connectivity index (χ2v) is 6.54. The van der Waals surface area contributed by atoms with Crippen LogP contribution < -0.4 is 5.32 Å². The molecule has 0 aromatic rings. The van der Waals surface area contributed by atoms with Crippen LogP contribution in [0, 0.1) is 5.92 Å². The molecule has 1 saturated carbocycles. The van der Waals surface area contributed by atoms with Crippen molar-refractivity contribution in [2.45, 2.75) is 44.7 Å². The van der Waals surface area contributed by atoms with E-state index in [9.17, 15) is 14.4 Å². The summed E-state index contributed by atoms with van der Waals surface area (Å²) in [4.78, 5) is 38.4. The van der Waals surface area contributed by atoms with Crippen molar-refractivity contribution in [3.63, 3.8) is 0 Å². The number of rotatable bonds is 6. The molecule has 2 rings (SSSR count). The van der Waals surface area contributed by atoms with E-state index in [-0.39, 0.29) is 36.5 Å². The number of carbonyl (C=O) groups excluding carboxylic acids is 2. The zero-order valence-electron chi connectivity index (χ0n) is 14.4. The minimum atomic E-state index is -0.827. The van der Waals surface area contributed by atoms with Gasteiger partial charge in [0.25, 0.3) is 0 Å². The number of hydrogen-bond donors (Lipinski definition) is 2. The van der Waals surface area contributed by atoms with Gasteiger partial charge in [-0.2, -0.15) is 0 Å². The van der Waals surface area contributed by atoms with Gasteiger partial charge < -0.3 is 20.1 Å². The Kier molecular flexibility index (Phi) is 6.42. The highest BCUT2D eigenvalue weighted by molar-refractivity contribution is 5.77. The number of hydrogen-bond acceptors (Lipinski definition) is 5. The van der Waals surface area contributed by atoms with Crippen LogP contribution in [0.1, 0.15) is 32.6 Å². The van der Waals surface area contributed by atoms with Gasteiger partial charge in [-0.3, -0.25) is 14.5 Å². The van der Waals surface area contributed by atoms with Crippen LogP contribution in [0.3, 0.4) is 0 Å². The Balaban J connectivity index is 1.76. The van der Waals surface area contributed by atoms with Crippen LogP contribution in [0.4, 0.5) is 4.79 Å². The first-order valence-corrected chi connectivity index (χ1v) is 8.53. The van der Waals surface area contributed by atoms with E-state index in [0.29, 0.717) is 19.6 Å². The number of likely N-dealkylation sites (tertiary alicyclic amines) is 1. The maximum atomic E-state index is 12.3. The number of aliphatic carboxylic acids is 1. The number of amides is 2. The molecule has 24 heavy (non-hydrogen) atoms. The molecule has 2 amide bonds. The summed E-state index contributed by atoms with van der Waals surface area (Å²) < 4.78 is 4.76. The molecule has 1 heterocycles. The molecule has 0 radical (unpaired) electrons. The number of methoxy groups -OCH3 is 1. The molecule has 1 aliphatic carbocycles. The lowest BCUT2D eigenvalue weighted by molar-refractivity contribution is -0.147. The van der Waals surface area contributed by atoms with Gasteiger partial charge in [-0.1, -0.05) is 6.92 Å². The summed E-state index contributed by atoms with van der Waals surface area (Å²) in [6.45, 7) is 3.71. The van der Waals surface area contributed by atoms with Crippen molar-refractivity contribution in [2.75, 3.05) is 33.3 Å². The summed E-state index contributed by atoms with van der Waals surface area (Å²) in [6, 6.07) is 0.137. The maximum Gasteiger partial charge on any atom is 0.317 e. The molecular formula is C16H27N3O5. The average molecular weight is 341 g/mol. The normalized spacial score (nSPS) is 26.6. The molecule has 0 spiro atoms. The first-order valence-electron chi connectivity index (χ1n) is 8.53. The van der Waals surface area contributed by atoms with Crippen molar-refractivity contribution in [3.8, 4) is 0 Å². The number of carboxylic acid groups (broad SMARTS) is 1. The van der Waals surface area contributed by atoms with Crippen molar-refractivity contribution >= 4 is 18.0 Å². The van der Waals surface area contributed by atoms with Crippen LogP contribution in [0.2, 0.25) is 0 Å². The van der Waals surface area contributed by atoms with Gasteiger partial charge >= 0.3 is 18.0 Å². The smallest absolute Gasteiger partial charge is 0.317 e. The highest BCUT2D eigenvalue weighted by atomic mass is 16.5. The topological polar surface area (TPSA) is 99.2 Å². The number of urea groups is 1. The van der Waals surface area contributed by atoms with Gasteiger partial charge in [0.05, 0.1) is 19.6 Å². The minimum Gasteiger partial charge on any atom is -0.480 e. The van der Waals surface area contributed by atoms with E-state index < -0.39 is 5.97 Å². The second kappa shape index (κ2) is 8.32. The number of carbonyl (C=O) groups is 3. The standard InChI is InChI=1S/C16H27N3O5/c1-3-18(10-14(20)21)13-7-12(8-13)17-16(23)19-6-4-5-11(9-19)15(22)24-2/h11-13H,3-10H2,1-2H3,(H,17,23)(H,20,21). The predicted octanol–water partition coefficient (Wildman–Crippen LogP) is 0.519. The van der Waals surface area contributed by atoms with Crippen LogP contribution >= 0.6 is 0 Å². The molecule has 2 N–H and O–H groups in total. The highest BCUT2D eigenvalue weighted by Gasteiger charge is 2.36. The number of likely N-dealkylation sites (N-methyl/N-ethyl adjacent to an activating group) is 1. The quantitative estimate of drug-likeness (QED) is 0.683. The Labute approximate surface area is 142 Å². The summed E-state index contributed by atoms with van der Waals surface area (Å²) in [5.74, 6) is -1.33. The first-order chi connectivity index (χ1) is 11.4. The largest absolute Gasteiger partial charge is 0.480 e. The van der Waals surface area contributed by atoms with Gasteiger partial charge in [-0.05, 0) is 32.2 Å². The molecule has 2 fully saturated rings. The monoisotopic (exact) mass is 341 g/mol. The van der Waals surface area contributed by atoms with Crippen LogP contribution in [0.25, 0.3) is 0 Å². The lowest BCUT2D eigenvalue weighted by atomic mass is 9.85. The Hall–Kier alpha value is -1.83.